The molecule has 0 bridgehead atoms. The summed E-state index contributed by atoms with van der Waals surface area (Å²) >= 11 is 0. The predicted octanol–water partition coefficient (Wildman–Crippen LogP) is 3.03. The molecule has 2 N–H and O–H groups in total. The normalized spacial score (nSPS) is 12.4. The number of fused-ring (bicyclic) bond motifs is 1. The molecule has 3 aromatic rings. The Hall–Kier alpha value is -2.96. The average Bonchev–Trinajstić information content (AvgIpc) is 2.71. The van der Waals surface area contributed by atoms with Crippen LogP contribution in [-0.2, 0) is 21.2 Å². The fraction of sp³-hybridized carbons (Fsp3) is 0.136. The quantitative estimate of drug-likeness (QED) is 0.577. The molecule has 3 rings (SSSR count). The van der Waals surface area contributed by atoms with Crippen LogP contribution in [0.1, 0.15) is 5.56 Å². The van der Waals surface area contributed by atoms with Gasteiger partial charge in [0.05, 0.1) is 4.90 Å². The van der Waals surface area contributed by atoms with Crippen LogP contribution in [0.3, 0.4) is 0 Å². The summed E-state index contributed by atoms with van der Waals surface area (Å²) in [4.78, 5) is 12.7. The molecule has 0 saturated heterocycles. The van der Waals surface area contributed by atoms with E-state index in [1.54, 1.807) is 24.3 Å². The van der Waals surface area contributed by atoms with Gasteiger partial charge in [-0.25, -0.2) is 8.42 Å². The van der Waals surface area contributed by atoms with Crippen molar-refractivity contribution >= 4 is 26.7 Å². The van der Waals surface area contributed by atoms with Crippen molar-refractivity contribution in [3.05, 3.63) is 91.0 Å². The summed E-state index contributed by atoms with van der Waals surface area (Å²) in [6.45, 7) is 3.84. The molecule has 0 fully saturated rings. The predicted molar refractivity (Wildman–Crippen MR) is 111 cm³/mol. The molecule has 144 valence electrons. The van der Waals surface area contributed by atoms with Crippen molar-refractivity contribution < 1.29 is 13.2 Å². The average molecular weight is 394 g/mol. The summed E-state index contributed by atoms with van der Waals surface area (Å²) in [6, 6.07) is 20.8. The molecule has 1 unspecified atom stereocenters. The molecule has 1 atom stereocenters. The van der Waals surface area contributed by atoms with E-state index in [-0.39, 0.29) is 17.9 Å². The number of carbonyl (C=O) groups is 1. The van der Waals surface area contributed by atoms with Crippen molar-refractivity contribution in [2.45, 2.75) is 17.4 Å². The molecule has 1 amide bonds. The zero-order valence-corrected chi connectivity index (χ0v) is 16.2. The minimum atomic E-state index is -3.88. The molecule has 0 aliphatic carbocycles. The minimum Gasteiger partial charge on any atom is -0.351 e. The largest absolute Gasteiger partial charge is 0.351 e. The lowest BCUT2D eigenvalue weighted by Crippen LogP contribution is -2.47. The van der Waals surface area contributed by atoms with Crippen molar-refractivity contribution in [2.24, 2.45) is 0 Å². The summed E-state index contributed by atoms with van der Waals surface area (Å²) in [6.07, 6.45) is 1.80. The number of hydrogen-bond donors (Lipinski definition) is 2. The Balaban J connectivity index is 1.88. The second-order valence-corrected chi connectivity index (χ2v) is 8.12. The smallest absolute Gasteiger partial charge is 0.241 e. The molecule has 0 aliphatic heterocycles. The Morgan fingerprint density at radius 2 is 1.64 bits per heavy atom. The summed E-state index contributed by atoms with van der Waals surface area (Å²) in [5.41, 5.74) is 0.863. The second kappa shape index (κ2) is 8.82. The van der Waals surface area contributed by atoms with Gasteiger partial charge in [-0.15, -0.1) is 6.58 Å². The molecule has 0 saturated carbocycles. The van der Waals surface area contributed by atoms with Crippen LogP contribution in [0.2, 0.25) is 0 Å². The topological polar surface area (TPSA) is 75.3 Å². The summed E-state index contributed by atoms with van der Waals surface area (Å²) < 4.78 is 28.4. The van der Waals surface area contributed by atoms with E-state index in [9.17, 15) is 13.2 Å². The van der Waals surface area contributed by atoms with Crippen molar-refractivity contribution in [3.8, 4) is 0 Å². The van der Waals surface area contributed by atoms with E-state index in [2.05, 4.69) is 16.6 Å². The standard InChI is InChI=1S/C22H22N2O3S/c1-2-14-23-22(25)21(15-17-8-4-3-5-9-17)24-28(26,27)20-13-12-18-10-6-7-11-19(18)16-20/h2-13,16,21,24H,1,14-15H2,(H,23,25). The Morgan fingerprint density at radius 3 is 2.36 bits per heavy atom. The lowest BCUT2D eigenvalue weighted by atomic mass is 10.1. The first-order valence-corrected chi connectivity index (χ1v) is 10.4. The van der Waals surface area contributed by atoms with Crippen molar-refractivity contribution in [1.29, 1.82) is 0 Å². The molecular formula is C22H22N2O3S. The summed E-state index contributed by atoms with van der Waals surface area (Å²) in [7, 11) is -3.88. The van der Waals surface area contributed by atoms with Gasteiger partial charge < -0.3 is 5.32 Å². The van der Waals surface area contributed by atoms with Crippen molar-refractivity contribution in [1.82, 2.24) is 10.0 Å². The number of rotatable bonds is 8. The number of benzene rings is 3. The Kier molecular flexibility index (Phi) is 6.23. The SMILES string of the molecule is C=CCNC(=O)C(Cc1ccccc1)NS(=O)(=O)c1ccc2ccccc2c1. The van der Waals surface area contributed by atoms with Crippen LogP contribution in [0, 0.1) is 0 Å². The highest BCUT2D eigenvalue weighted by Gasteiger charge is 2.26. The van der Waals surface area contributed by atoms with Gasteiger partial charge in [-0.05, 0) is 34.9 Å². The van der Waals surface area contributed by atoms with Gasteiger partial charge >= 0.3 is 0 Å². The van der Waals surface area contributed by atoms with E-state index in [1.165, 1.54) is 0 Å². The van der Waals surface area contributed by atoms with Crippen molar-refractivity contribution in [3.63, 3.8) is 0 Å². The zero-order valence-electron chi connectivity index (χ0n) is 15.3. The van der Waals surface area contributed by atoms with Gasteiger partial charge in [0.15, 0.2) is 0 Å². The molecule has 0 spiro atoms. The van der Waals surface area contributed by atoms with Gasteiger partial charge in [0, 0.05) is 6.54 Å². The third-order valence-electron chi connectivity index (χ3n) is 4.35. The van der Waals surface area contributed by atoms with Crippen LogP contribution in [0.25, 0.3) is 10.8 Å². The van der Waals surface area contributed by atoms with Crippen LogP contribution in [-0.4, -0.2) is 26.9 Å². The summed E-state index contributed by atoms with van der Waals surface area (Å²) in [5, 5.41) is 4.44. The maximum atomic E-state index is 12.9. The maximum Gasteiger partial charge on any atom is 0.241 e. The summed E-state index contributed by atoms with van der Waals surface area (Å²) in [5.74, 6) is -0.395. The molecule has 28 heavy (non-hydrogen) atoms. The van der Waals surface area contributed by atoms with E-state index < -0.39 is 22.0 Å². The fourth-order valence-corrected chi connectivity index (χ4v) is 4.15. The second-order valence-electron chi connectivity index (χ2n) is 6.41. The van der Waals surface area contributed by atoms with E-state index in [0.29, 0.717) is 0 Å². The third-order valence-corrected chi connectivity index (χ3v) is 5.82. The third kappa shape index (κ3) is 4.85. The number of carbonyl (C=O) groups excluding carboxylic acids is 1. The number of hydrogen-bond acceptors (Lipinski definition) is 3. The highest BCUT2D eigenvalue weighted by molar-refractivity contribution is 7.89. The van der Waals surface area contributed by atoms with Gasteiger partial charge in [0.2, 0.25) is 15.9 Å². The molecule has 0 heterocycles. The lowest BCUT2D eigenvalue weighted by molar-refractivity contribution is -0.122. The first-order valence-electron chi connectivity index (χ1n) is 8.93. The van der Waals surface area contributed by atoms with Crippen LogP contribution >= 0.6 is 0 Å². The van der Waals surface area contributed by atoms with Gasteiger partial charge in [-0.2, -0.15) is 4.72 Å². The molecule has 0 aromatic heterocycles. The Bertz CT molecular complexity index is 1080. The van der Waals surface area contributed by atoms with Crippen LogP contribution in [0.4, 0.5) is 0 Å². The van der Waals surface area contributed by atoms with Crippen LogP contribution < -0.4 is 10.0 Å². The molecule has 6 heteroatoms. The van der Waals surface area contributed by atoms with Crippen LogP contribution in [0.5, 0.6) is 0 Å². The Morgan fingerprint density at radius 1 is 0.964 bits per heavy atom. The molecule has 0 radical (unpaired) electrons. The van der Waals surface area contributed by atoms with Gasteiger partial charge in [-0.1, -0.05) is 66.7 Å². The Labute approximate surface area is 165 Å². The van der Waals surface area contributed by atoms with E-state index >= 15 is 0 Å². The number of sulfonamides is 1. The minimum absolute atomic E-state index is 0.126. The van der Waals surface area contributed by atoms with E-state index in [1.807, 2.05) is 54.6 Å². The molecule has 3 aromatic carbocycles. The van der Waals surface area contributed by atoms with E-state index in [4.69, 9.17) is 0 Å². The first-order chi connectivity index (χ1) is 13.5. The van der Waals surface area contributed by atoms with E-state index in [0.717, 1.165) is 16.3 Å². The highest BCUT2D eigenvalue weighted by atomic mass is 32.2. The monoisotopic (exact) mass is 394 g/mol. The molecule has 0 aliphatic rings. The first kappa shape index (κ1) is 19.8. The lowest BCUT2D eigenvalue weighted by Gasteiger charge is -2.18. The van der Waals surface area contributed by atoms with Gasteiger partial charge in [0.1, 0.15) is 6.04 Å². The number of amides is 1. The van der Waals surface area contributed by atoms with Gasteiger partial charge in [0.25, 0.3) is 0 Å². The van der Waals surface area contributed by atoms with Crippen LogP contribution in [0.15, 0.2) is 90.3 Å². The van der Waals surface area contributed by atoms with Crippen molar-refractivity contribution in [2.75, 3.05) is 6.54 Å². The van der Waals surface area contributed by atoms with Gasteiger partial charge in [-0.3, -0.25) is 4.79 Å². The molecular weight excluding hydrogens is 372 g/mol. The maximum absolute atomic E-state index is 12.9. The fourth-order valence-electron chi connectivity index (χ4n) is 2.92. The zero-order chi connectivity index (χ0) is 20.0. The number of nitrogens with one attached hydrogen (secondary N) is 2. The highest BCUT2D eigenvalue weighted by Crippen LogP contribution is 2.19. The molecule has 5 nitrogen and oxygen atoms in total.